The average molecular weight is 345 g/mol. The van der Waals surface area contributed by atoms with Gasteiger partial charge in [0, 0.05) is 0 Å². The monoisotopic (exact) mass is 345 g/mol. The SMILES string of the molecule is COC(=O)/C(=C\c1cccc(C(F)(F)F)c1)NC(=O)OC(C)(C)C. The largest absolute Gasteiger partial charge is 0.464 e. The van der Waals surface area contributed by atoms with Crippen LogP contribution in [0.1, 0.15) is 31.9 Å². The topological polar surface area (TPSA) is 64.6 Å². The molecule has 24 heavy (non-hydrogen) atoms. The van der Waals surface area contributed by atoms with Crippen molar-refractivity contribution < 1.29 is 32.2 Å². The zero-order valence-corrected chi connectivity index (χ0v) is 13.7. The molecule has 1 aromatic carbocycles. The molecule has 0 fully saturated rings. The first kappa shape index (κ1) is 19.5. The predicted molar refractivity (Wildman–Crippen MR) is 80.8 cm³/mol. The van der Waals surface area contributed by atoms with Gasteiger partial charge in [0.05, 0.1) is 12.7 Å². The fourth-order valence-electron chi connectivity index (χ4n) is 1.64. The van der Waals surface area contributed by atoms with E-state index in [1.807, 2.05) is 0 Å². The minimum absolute atomic E-state index is 0.0706. The molecule has 0 heterocycles. The number of alkyl carbamates (subject to hydrolysis) is 1. The first-order valence-corrected chi connectivity index (χ1v) is 6.89. The lowest BCUT2D eigenvalue weighted by Gasteiger charge is -2.20. The molecule has 8 heteroatoms. The van der Waals surface area contributed by atoms with E-state index >= 15 is 0 Å². The lowest BCUT2D eigenvalue weighted by molar-refractivity contribution is -0.137. The Bertz CT molecular complexity index is 645. The Hall–Kier alpha value is -2.51. The maximum Gasteiger partial charge on any atom is 0.416 e. The van der Waals surface area contributed by atoms with Gasteiger partial charge in [0.1, 0.15) is 11.3 Å². The molecule has 0 bridgehead atoms. The van der Waals surface area contributed by atoms with E-state index in [1.54, 1.807) is 20.8 Å². The van der Waals surface area contributed by atoms with Crippen molar-refractivity contribution in [2.75, 3.05) is 7.11 Å². The van der Waals surface area contributed by atoms with Crippen molar-refractivity contribution in [2.24, 2.45) is 0 Å². The van der Waals surface area contributed by atoms with Crippen LogP contribution >= 0.6 is 0 Å². The Morgan fingerprint density at radius 2 is 1.79 bits per heavy atom. The number of methoxy groups -OCH3 is 1. The van der Waals surface area contributed by atoms with E-state index in [4.69, 9.17) is 4.74 Å². The van der Waals surface area contributed by atoms with E-state index in [-0.39, 0.29) is 11.3 Å². The molecule has 0 aromatic heterocycles. The Labute approximate surface area is 137 Å². The van der Waals surface area contributed by atoms with Crippen LogP contribution < -0.4 is 5.32 Å². The van der Waals surface area contributed by atoms with Crippen LogP contribution in [0.15, 0.2) is 30.0 Å². The molecular formula is C16H18F3NO4. The lowest BCUT2D eigenvalue weighted by atomic mass is 10.1. The number of carbonyl (C=O) groups is 2. The second kappa shape index (κ2) is 7.37. The molecule has 0 aliphatic heterocycles. The molecule has 0 radical (unpaired) electrons. The van der Waals surface area contributed by atoms with Crippen molar-refractivity contribution in [3.8, 4) is 0 Å². The molecule has 0 unspecified atom stereocenters. The molecule has 1 rings (SSSR count). The summed E-state index contributed by atoms with van der Waals surface area (Å²) < 4.78 is 47.7. The number of carbonyl (C=O) groups excluding carboxylic acids is 2. The molecular weight excluding hydrogens is 327 g/mol. The second-order valence-corrected chi connectivity index (χ2v) is 5.80. The van der Waals surface area contributed by atoms with Crippen LogP contribution in [0.5, 0.6) is 0 Å². The van der Waals surface area contributed by atoms with Crippen LogP contribution in [0, 0.1) is 0 Å². The number of rotatable bonds is 3. The van der Waals surface area contributed by atoms with Gasteiger partial charge in [-0.15, -0.1) is 0 Å². The summed E-state index contributed by atoms with van der Waals surface area (Å²) in [5.74, 6) is -0.918. The van der Waals surface area contributed by atoms with Gasteiger partial charge in [-0.25, -0.2) is 9.59 Å². The van der Waals surface area contributed by atoms with Crippen LogP contribution in [-0.2, 0) is 20.4 Å². The number of alkyl halides is 3. The number of benzene rings is 1. The highest BCUT2D eigenvalue weighted by molar-refractivity contribution is 5.96. The third-order valence-corrected chi connectivity index (χ3v) is 2.57. The van der Waals surface area contributed by atoms with Gasteiger partial charge in [-0.05, 0) is 44.5 Å². The van der Waals surface area contributed by atoms with E-state index < -0.39 is 29.4 Å². The summed E-state index contributed by atoms with van der Waals surface area (Å²) in [6, 6.07) is 4.29. The van der Waals surface area contributed by atoms with Crippen LogP contribution in [0.3, 0.4) is 0 Å². The van der Waals surface area contributed by atoms with Crippen molar-refractivity contribution in [1.82, 2.24) is 5.32 Å². The van der Waals surface area contributed by atoms with Crippen molar-refractivity contribution >= 4 is 18.1 Å². The molecule has 5 nitrogen and oxygen atoms in total. The van der Waals surface area contributed by atoms with Crippen LogP contribution in [0.4, 0.5) is 18.0 Å². The van der Waals surface area contributed by atoms with E-state index in [2.05, 4.69) is 10.1 Å². The fourth-order valence-corrected chi connectivity index (χ4v) is 1.64. The zero-order chi connectivity index (χ0) is 18.5. The van der Waals surface area contributed by atoms with Gasteiger partial charge in [0.2, 0.25) is 0 Å². The number of nitrogens with one attached hydrogen (secondary N) is 1. The fraction of sp³-hybridized carbons (Fsp3) is 0.375. The summed E-state index contributed by atoms with van der Waals surface area (Å²) in [7, 11) is 1.08. The lowest BCUT2D eigenvalue weighted by Crippen LogP contribution is -2.34. The van der Waals surface area contributed by atoms with Crippen LogP contribution in [0.25, 0.3) is 6.08 Å². The molecule has 1 aromatic rings. The Balaban J connectivity index is 3.11. The average Bonchev–Trinajstić information content (AvgIpc) is 2.43. The van der Waals surface area contributed by atoms with Gasteiger partial charge in [0.15, 0.2) is 0 Å². The van der Waals surface area contributed by atoms with Gasteiger partial charge in [0.25, 0.3) is 0 Å². The summed E-state index contributed by atoms with van der Waals surface area (Å²) >= 11 is 0. The van der Waals surface area contributed by atoms with Crippen molar-refractivity contribution in [3.63, 3.8) is 0 Å². The van der Waals surface area contributed by atoms with Crippen molar-refractivity contribution in [3.05, 3.63) is 41.1 Å². The maximum atomic E-state index is 12.7. The van der Waals surface area contributed by atoms with Gasteiger partial charge in [-0.2, -0.15) is 13.2 Å². The zero-order valence-electron chi connectivity index (χ0n) is 13.7. The number of esters is 1. The van der Waals surface area contributed by atoms with Crippen LogP contribution in [0.2, 0.25) is 0 Å². The minimum atomic E-state index is -4.52. The third kappa shape index (κ3) is 6.31. The smallest absolute Gasteiger partial charge is 0.416 e. The Morgan fingerprint density at radius 3 is 2.29 bits per heavy atom. The molecule has 1 amide bonds. The molecule has 1 N–H and O–H groups in total. The van der Waals surface area contributed by atoms with Gasteiger partial charge < -0.3 is 9.47 Å². The van der Waals surface area contributed by atoms with E-state index in [9.17, 15) is 22.8 Å². The third-order valence-electron chi connectivity index (χ3n) is 2.57. The number of amides is 1. The summed E-state index contributed by atoms with van der Waals surface area (Å²) in [5, 5.41) is 2.18. The van der Waals surface area contributed by atoms with E-state index in [1.165, 1.54) is 12.1 Å². The molecule has 0 aliphatic rings. The van der Waals surface area contributed by atoms with Gasteiger partial charge in [-0.1, -0.05) is 12.1 Å². The highest BCUT2D eigenvalue weighted by Gasteiger charge is 2.30. The number of hydrogen-bond donors (Lipinski definition) is 1. The Morgan fingerprint density at radius 1 is 1.17 bits per heavy atom. The summed E-state index contributed by atoms with van der Waals surface area (Å²) in [6.07, 6.45) is -4.37. The molecule has 0 spiro atoms. The van der Waals surface area contributed by atoms with Crippen LogP contribution in [-0.4, -0.2) is 24.8 Å². The Kier molecular flexibility index (Phi) is 6.00. The predicted octanol–water partition coefficient (Wildman–Crippen LogP) is 3.74. The van der Waals surface area contributed by atoms with Gasteiger partial charge >= 0.3 is 18.2 Å². The van der Waals surface area contributed by atoms with E-state index in [0.29, 0.717) is 0 Å². The molecule has 0 saturated carbocycles. The summed E-state index contributed by atoms with van der Waals surface area (Å²) in [6.45, 7) is 4.88. The molecule has 0 aliphatic carbocycles. The number of halogens is 3. The quantitative estimate of drug-likeness (QED) is 0.669. The van der Waals surface area contributed by atoms with Crippen molar-refractivity contribution in [1.29, 1.82) is 0 Å². The number of ether oxygens (including phenoxy) is 2. The minimum Gasteiger partial charge on any atom is -0.464 e. The normalized spacial score (nSPS) is 12.5. The van der Waals surface area contributed by atoms with Crippen molar-refractivity contribution in [2.45, 2.75) is 32.5 Å². The molecule has 132 valence electrons. The number of hydrogen-bond acceptors (Lipinski definition) is 4. The standard InChI is InChI=1S/C16H18F3NO4/c1-15(2,3)24-14(22)20-12(13(21)23-4)9-10-6-5-7-11(8-10)16(17,18)19/h5-9H,1-4H3,(H,20,22)/b12-9+. The summed E-state index contributed by atoms with van der Waals surface area (Å²) in [5.41, 5.74) is -1.95. The molecule has 0 atom stereocenters. The molecule has 0 saturated heterocycles. The first-order valence-electron chi connectivity index (χ1n) is 6.89. The van der Waals surface area contributed by atoms with Gasteiger partial charge in [-0.3, -0.25) is 5.32 Å². The highest BCUT2D eigenvalue weighted by Crippen LogP contribution is 2.29. The second-order valence-electron chi connectivity index (χ2n) is 5.80. The first-order chi connectivity index (χ1) is 10.9. The highest BCUT2D eigenvalue weighted by atomic mass is 19.4. The summed E-state index contributed by atoms with van der Waals surface area (Å²) in [4.78, 5) is 23.5. The maximum absolute atomic E-state index is 12.7. The van der Waals surface area contributed by atoms with E-state index in [0.717, 1.165) is 25.3 Å².